The molecule has 1 aromatic rings. The topological polar surface area (TPSA) is 12.0 Å². The summed E-state index contributed by atoms with van der Waals surface area (Å²) in [4.78, 5) is 0. The summed E-state index contributed by atoms with van der Waals surface area (Å²) in [5.41, 5.74) is 1.89. The number of nitrogens with one attached hydrogen (secondary N) is 1. The zero-order valence-corrected chi connectivity index (χ0v) is 9.97. The molecule has 1 N–H and O–H groups in total. The number of benzene rings is 1. The molecule has 0 aliphatic rings. The highest BCUT2D eigenvalue weighted by Gasteiger charge is 2.15. The first kappa shape index (κ1) is 12.2. The molecule has 1 aromatic carbocycles. The molecule has 0 amide bonds. The molecule has 0 aliphatic heterocycles. The Bertz CT molecular complexity index is 320. The zero-order chi connectivity index (χ0) is 11.4. The fourth-order valence-electron chi connectivity index (χ4n) is 1.80. The van der Waals surface area contributed by atoms with E-state index in [9.17, 15) is 4.39 Å². The van der Waals surface area contributed by atoms with E-state index in [1.165, 1.54) is 0 Å². The van der Waals surface area contributed by atoms with E-state index in [1.54, 1.807) is 12.1 Å². The van der Waals surface area contributed by atoms with Crippen molar-refractivity contribution in [2.75, 3.05) is 7.05 Å². The van der Waals surface area contributed by atoms with E-state index in [0.717, 1.165) is 17.5 Å². The average molecular weight is 209 g/mol. The molecule has 0 heterocycles. The SMILES string of the molecule is CNC(CC(C)C)c1cc(C)ccc1F. The van der Waals surface area contributed by atoms with E-state index in [-0.39, 0.29) is 11.9 Å². The Hall–Kier alpha value is -0.890. The van der Waals surface area contributed by atoms with Gasteiger partial charge in [0.15, 0.2) is 0 Å². The summed E-state index contributed by atoms with van der Waals surface area (Å²) in [6, 6.07) is 5.40. The standard InChI is InChI=1S/C13H20FN/c1-9(2)7-13(15-4)11-8-10(3)5-6-12(11)14/h5-6,8-9,13,15H,7H2,1-4H3. The van der Waals surface area contributed by atoms with Crippen LogP contribution in [0.3, 0.4) is 0 Å². The molecular formula is C13H20FN. The molecule has 0 aliphatic carbocycles. The van der Waals surface area contributed by atoms with Gasteiger partial charge >= 0.3 is 0 Å². The van der Waals surface area contributed by atoms with Gasteiger partial charge in [0.05, 0.1) is 0 Å². The molecule has 15 heavy (non-hydrogen) atoms. The van der Waals surface area contributed by atoms with E-state index in [2.05, 4.69) is 19.2 Å². The smallest absolute Gasteiger partial charge is 0.127 e. The van der Waals surface area contributed by atoms with Crippen LogP contribution in [0.5, 0.6) is 0 Å². The molecule has 0 aromatic heterocycles. The third-order valence-electron chi connectivity index (χ3n) is 2.58. The van der Waals surface area contributed by atoms with Gasteiger partial charge < -0.3 is 5.32 Å². The third-order valence-corrected chi connectivity index (χ3v) is 2.58. The first-order valence-corrected chi connectivity index (χ1v) is 5.48. The lowest BCUT2D eigenvalue weighted by Gasteiger charge is -2.19. The van der Waals surface area contributed by atoms with E-state index in [1.807, 2.05) is 20.0 Å². The molecule has 1 unspecified atom stereocenters. The van der Waals surface area contributed by atoms with Crippen LogP contribution in [0.1, 0.15) is 37.4 Å². The lowest BCUT2D eigenvalue weighted by molar-refractivity contribution is 0.440. The summed E-state index contributed by atoms with van der Waals surface area (Å²) in [7, 11) is 1.88. The Morgan fingerprint density at radius 1 is 1.33 bits per heavy atom. The van der Waals surface area contributed by atoms with E-state index >= 15 is 0 Å². The fourth-order valence-corrected chi connectivity index (χ4v) is 1.80. The largest absolute Gasteiger partial charge is 0.313 e. The normalized spacial score (nSPS) is 13.2. The van der Waals surface area contributed by atoms with Crippen LogP contribution < -0.4 is 5.32 Å². The van der Waals surface area contributed by atoms with Crippen LogP contribution >= 0.6 is 0 Å². The van der Waals surface area contributed by atoms with Crippen molar-refractivity contribution in [1.82, 2.24) is 5.32 Å². The number of rotatable bonds is 4. The minimum Gasteiger partial charge on any atom is -0.313 e. The van der Waals surface area contributed by atoms with Crippen molar-refractivity contribution in [1.29, 1.82) is 0 Å². The summed E-state index contributed by atoms with van der Waals surface area (Å²) in [6.07, 6.45) is 0.955. The lowest BCUT2D eigenvalue weighted by Crippen LogP contribution is -2.19. The highest BCUT2D eigenvalue weighted by atomic mass is 19.1. The maximum Gasteiger partial charge on any atom is 0.127 e. The van der Waals surface area contributed by atoms with Crippen molar-refractivity contribution in [3.05, 3.63) is 35.1 Å². The van der Waals surface area contributed by atoms with Gasteiger partial charge in [-0.15, -0.1) is 0 Å². The van der Waals surface area contributed by atoms with Gasteiger partial charge in [-0.3, -0.25) is 0 Å². The summed E-state index contributed by atoms with van der Waals surface area (Å²) in [5.74, 6) is 0.447. The van der Waals surface area contributed by atoms with Crippen molar-refractivity contribution in [2.24, 2.45) is 5.92 Å². The van der Waals surface area contributed by atoms with E-state index in [0.29, 0.717) is 5.92 Å². The Balaban J connectivity index is 2.95. The van der Waals surface area contributed by atoms with Gasteiger partial charge in [-0.1, -0.05) is 31.5 Å². The summed E-state index contributed by atoms with van der Waals surface area (Å²) in [5, 5.41) is 3.18. The van der Waals surface area contributed by atoms with E-state index in [4.69, 9.17) is 0 Å². The lowest BCUT2D eigenvalue weighted by atomic mass is 9.95. The summed E-state index contributed by atoms with van der Waals surface area (Å²) >= 11 is 0. The fraction of sp³-hybridized carbons (Fsp3) is 0.538. The molecule has 0 bridgehead atoms. The second-order valence-electron chi connectivity index (χ2n) is 4.50. The molecule has 0 saturated heterocycles. The van der Waals surface area contributed by atoms with Crippen molar-refractivity contribution < 1.29 is 4.39 Å². The van der Waals surface area contributed by atoms with Gasteiger partial charge in [0.2, 0.25) is 0 Å². The molecule has 0 saturated carbocycles. The molecule has 1 nitrogen and oxygen atoms in total. The molecule has 84 valence electrons. The third kappa shape index (κ3) is 3.31. The molecule has 0 radical (unpaired) electrons. The van der Waals surface area contributed by atoms with Crippen LogP contribution in [0.2, 0.25) is 0 Å². The Labute approximate surface area is 91.7 Å². The first-order chi connectivity index (χ1) is 7.04. The summed E-state index contributed by atoms with van der Waals surface area (Å²) < 4.78 is 13.6. The first-order valence-electron chi connectivity index (χ1n) is 5.48. The Kier molecular flexibility index (Phi) is 4.28. The van der Waals surface area contributed by atoms with Gasteiger partial charge in [-0.25, -0.2) is 4.39 Å². The second kappa shape index (κ2) is 5.26. The van der Waals surface area contributed by atoms with Crippen LogP contribution in [-0.4, -0.2) is 7.05 Å². The van der Waals surface area contributed by atoms with Crippen molar-refractivity contribution in [3.8, 4) is 0 Å². The van der Waals surface area contributed by atoms with Crippen LogP contribution in [0.15, 0.2) is 18.2 Å². The van der Waals surface area contributed by atoms with Gasteiger partial charge in [0.25, 0.3) is 0 Å². The molecule has 0 spiro atoms. The van der Waals surface area contributed by atoms with Crippen LogP contribution in [-0.2, 0) is 0 Å². The number of aryl methyl sites for hydroxylation is 1. The molecule has 0 fully saturated rings. The van der Waals surface area contributed by atoms with Gasteiger partial charge in [0, 0.05) is 11.6 Å². The Morgan fingerprint density at radius 3 is 2.53 bits per heavy atom. The molecule has 1 atom stereocenters. The maximum atomic E-state index is 13.6. The summed E-state index contributed by atoms with van der Waals surface area (Å²) in [6.45, 7) is 6.29. The van der Waals surface area contributed by atoms with Gasteiger partial charge in [-0.05, 0) is 32.4 Å². The molecule has 1 rings (SSSR count). The zero-order valence-electron chi connectivity index (χ0n) is 9.97. The van der Waals surface area contributed by atoms with Crippen LogP contribution in [0, 0.1) is 18.7 Å². The van der Waals surface area contributed by atoms with Gasteiger partial charge in [0.1, 0.15) is 5.82 Å². The van der Waals surface area contributed by atoms with Crippen LogP contribution in [0.25, 0.3) is 0 Å². The van der Waals surface area contributed by atoms with Gasteiger partial charge in [-0.2, -0.15) is 0 Å². The Morgan fingerprint density at radius 2 is 2.00 bits per heavy atom. The monoisotopic (exact) mass is 209 g/mol. The predicted molar refractivity (Wildman–Crippen MR) is 62.4 cm³/mol. The number of hydrogen-bond donors (Lipinski definition) is 1. The molecular weight excluding hydrogens is 189 g/mol. The number of halogens is 1. The number of hydrogen-bond acceptors (Lipinski definition) is 1. The van der Waals surface area contributed by atoms with E-state index < -0.39 is 0 Å². The second-order valence-corrected chi connectivity index (χ2v) is 4.50. The average Bonchev–Trinajstić information content (AvgIpc) is 2.18. The minimum absolute atomic E-state index is 0.111. The highest BCUT2D eigenvalue weighted by Crippen LogP contribution is 2.24. The maximum absolute atomic E-state index is 13.6. The quantitative estimate of drug-likeness (QED) is 0.801. The molecule has 2 heteroatoms. The minimum atomic E-state index is -0.111. The predicted octanol–water partition coefficient (Wildman–Crippen LogP) is 3.44. The van der Waals surface area contributed by atoms with Crippen molar-refractivity contribution in [3.63, 3.8) is 0 Å². The van der Waals surface area contributed by atoms with Crippen molar-refractivity contribution >= 4 is 0 Å². The highest BCUT2D eigenvalue weighted by molar-refractivity contribution is 5.26. The van der Waals surface area contributed by atoms with Crippen LogP contribution in [0.4, 0.5) is 4.39 Å². The van der Waals surface area contributed by atoms with Crippen molar-refractivity contribution in [2.45, 2.75) is 33.2 Å².